The van der Waals surface area contributed by atoms with Crippen molar-refractivity contribution in [2.75, 3.05) is 28.4 Å². The summed E-state index contributed by atoms with van der Waals surface area (Å²) >= 11 is 1.51. The second-order valence-electron chi connectivity index (χ2n) is 6.35. The molecule has 0 saturated carbocycles. The molecule has 0 bridgehead atoms. The molecule has 23 heavy (non-hydrogen) atoms. The van der Waals surface area contributed by atoms with Gasteiger partial charge in [-0.25, -0.2) is 0 Å². The smallest absolute Gasteiger partial charge is 0.247 e. The molecule has 1 N–H and O–H groups in total. The van der Waals surface area contributed by atoms with E-state index in [0.717, 1.165) is 0 Å². The number of thioether (sulfide) groups is 1. The van der Waals surface area contributed by atoms with Crippen molar-refractivity contribution in [2.45, 2.75) is 25.8 Å². The van der Waals surface area contributed by atoms with E-state index in [9.17, 15) is 14.4 Å². The van der Waals surface area contributed by atoms with E-state index in [2.05, 4.69) is 5.32 Å². The summed E-state index contributed by atoms with van der Waals surface area (Å²) in [5, 5.41) is 2.85. The van der Waals surface area contributed by atoms with Gasteiger partial charge in [0.25, 0.3) is 0 Å². The first-order chi connectivity index (χ1) is 10.9. The zero-order chi connectivity index (χ0) is 16.6. The van der Waals surface area contributed by atoms with Crippen molar-refractivity contribution in [3.8, 4) is 0 Å². The van der Waals surface area contributed by atoms with Crippen molar-refractivity contribution < 1.29 is 14.4 Å². The van der Waals surface area contributed by atoms with Crippen molar-refractivity contribution in [1.29, 1.82) is 0 Å². The standard InChI is InChI=1S/C16H19N3O3S/c1-16(2)7-13(20)17-11-5-3-4-6-12(11)19(16)14(21)8-18-10-23-9-15(18)22/h3-6H,7-10H2,1-2H3,(H,17,20). The number of benzene rings is 1. The van der Waals surface area contributed by atoms with Crippen LogP contribution in [0.4, 0.5) is 11.4 Å². The highest BCUT2D eigenvalue weighted by atomic mass is 32.2. The van der Waals surface area contributed by atoms with E-state index in [1.807, 2.05) is 32.0 Å². The van der Waals surface area contributed by atoms with Gasteiger partial charge in [0.1, 0.15) is 6.54 Å². The van der Waals surface area contributed by atoms with E-state index in [-0.39, 0.29) is 30.7 Å². The molecule has 3 rings (SSSR count). The lowest BCUT2D eigenvalue weighted by atomic mass is 9.97. The van der Waals surface area contributed by atoms with Gasteiger partial charge in [-0.1, -0.05) is 12.1 Å². The fourth-order valence-corrected chi connectivity index (χ4v) is 3.92. The minimum atomic E-state index is -0.663. The quantitative estimate of drug-likeness (QED) is 0.894. The predicted molar refractivity (Wildman–Crippen MR) is 90.3 cm³/mol. The molecule has 1 aromatic rings. The van der Waals surface area contributed by atoms with Crippen LogP contribution >= 0.6 is 11.8 Å². The summed E-state index contributed by atoms with van der Waals surface area (Å²) < 4.78 is 0. The Labute approximate surface area is 139 Å². The number of hydrogen-bond acceptors (Lipinski definition) is 4. The highest BCUT2D eigenvalue weighted by Gasteiger charge is 2.39. The maximum absolute atomic E-state index is 12.9. The van der Waals surface area contributed by atoms with E-state index in [0.29, 0.717) is 23.0 Å². The zero-order valence-corrected chi connectivity index (χ0v) is 14.0. The van der Waals surface area contributed by atoms with Gasteiger partial charge in [-0.2, -0.15) is 0 Å². The molecule has 1 aromatic carbocycles. The molecule has 3 amide bonds. The number of nitrogens with zero attached hydrogens (tertiary/aromatic N) is 2. The third-order valence-corrected chi connectivity index (χ3v) is 4.96. The van der Waals surface area contributed by atoms with Gasteiger partial charge >= 0.3 is 0 Å². The third kappa shape index (κ3) is 3.06. The molecule has 1 fully saturated rings. The number of amides is 3. The fraction of sp³-hybridized carbons (Fsp3) is 0.438. The summed E-state index contributed by atoms with van der Waals surface area (Å²) in [5.74, 6) is 0.657. The number of hydrogen-bond donors (Lipinski definition) is 1. The molecule has 0 unspecified atom stereocenters. The van der Waals surface area contributed by atoms with Crippen LogP contribution in [0.5, 0.6) is 0 Å². The molecular weight excluding hydrogens is 314 g/mol. The lowest BCUT2D eigenvalue weighted by Crippen LogP contribution is -2.52. The monoisotopic (exact) mass is 333 g/mol. The molecule has 122 valence electrons. The zero-order valence-electron chi connectivity index (χ0n) is 13.2. The Bertz CT molecular complexity index is 674. The van der Waals surface area contributed by atoms with Crippen molar-refractivity contribution in [1.82, 2.24) is 4.90 Å². The summed E-state index contributed by atoms with van der Waals surface area (Å²) in [6.45, 7) is 3.78. The van der Waals surface area contributed by atoms with Crippen molar-refractivity contribution in [3.63, 3.8) is 0 Å². The minimum absolute atomic E-state index is 0.0153. The summed E-state index contributed by atoms with van der Waals surface area (Å²) in [4.78, 5) is 40.0. The maximum atomic E-state index is 12.9. The van der Waals surface area contributed by atoms with Crippen LogP contribution in [0.2, 0.25) is 0 Å². The summed E-state index contributed by atoms with van der Waals surface area (Å²) in [7, 11) is 0. The summed E-state index contributed by atoms with van der Waals surface area (Å²) in [5.41, 5.74) is 0.634. The lowest BCUT2D eigenvalue weighted by Gasteiger charge is -2.37. The molecule has 0 spiro atoms. The van der Waals surface area contributed by atoms with E-state index < -0.39 is 5.54 Å². The van der Waals surface area contributed by atoms with Crippen molar-refractivity contribution >= 4 is 40.9 Å². The second kappa shape index (κ2) is 5.88. The van der Waals surface area contributed by atoms with Gasteiger partial charge < -0.3 is 15.1 Å². The van der Waals surface area contributed by atoms with Crippen LogP contribution in [0, 0.1) is 0 Å². The maximum Gasteiger partial charge on any atom is 0.247 e. The van der Waals surface area contributed by atoms with Crippen LogP contribution in [0.15, 0.2) is 24.3 Å². The highest BCUT2D eigenvalue weighted by molar-refractivity contribution is 8.00. The molecule has 1 saturated heterocycles. The molecule has 2 heterocycles. The first-order valence-electron chi connectivity index (χ1n) is 7.46. The average molecular weight is 333 g/mol. The number of fused-ring (bicyclic) bond motifs is 1. The first-order valence-corrected chi connectivity index (χ1v) is 8.61. The molecule has 0 atom stereocenters. The van der Waals surface area contributed by atoms with Crippen molar-refractivity contribution in [3.05, 3.63) is 24.3 Å². The molecule has 2 aliphatic rings. The minimum Gasteiger partial charge on any atom is -0.324 e. The van der Waals surface area contributed by atoms with Gasteiger partial charge in [-0.15, -0.1) is 11.8 Å². The molecule has 0 aromatic heterocycles. The van der Waals surface area contributed by atoms with E-state index in [4.69, 9.17) is 0 Å². The highest BCUT2D eigenvalue weighted by Crippen LogP contribution is 2.36. The van der Waals surface area contributed by atoms with Crippen LogP contribution in [-0.2, 0) is 14.4 Å². The lowest BCUT2D eigenvalue weighted by molar-refractivity contribution is -0.132. The Morgan fingerprint density at radius 2 is 2.04 bits per heavy atom. The Morgan fingerprint density at radius 1 is 1.30 bits per heavy atom. The van der Waals surface area contributed by atoms with Gasteiger partial charge in [0.05, 0.1) is 35.0 Å². The van der Waals surface area contributed by atoms with Crippen LogP contribution in [0.25, 0.3) is 0 Å². The first kappa shape index (κ1) is 15.9. The Morgan fingerprint density at radius 3 is 2.74 bits per heavy atom. The number of nitrogens with one attached hydrogen (secondary N) is 1. The van der Waals surface area contributed by atoms with Crippen LogP contribution < -0.4 is 10.2 Å². The number of rotatable bonds is 2. The number of carbonyl (C=O) groups excluding carboxylic acids is 3. The number of anilines is 2. The summed E-state index contributed by atoms with van der Waals surface area (Å²) in [6, 6.07) is 7.26. The van der Waals surface area contributed by atoms with Crippen molar-refractivity contribution in [2.24, 2.45) is 0 Å². The Kier molecular flexibility index (Phi) is 4.06. The normalized spacial score (nSPS) is 20.1. The summed E-state index contributed by atoms with van der Waals surface area (Å²) in [6.07, 6.45) is 0.204. The largest absolute Gasteiger partial charge is 0.324 e. The number of carbonyl (C=O) groups is 3. The molecular formula is C16H19N3O3S. The topological polar surface area (TPSA) is 69.7 Å². The predicted octanol–water partition coefficient (Wildman–Crippen LogP) is 1.67. The van der Waals surface area contributed by atoms with Crippen LogP contribution in [0.3, 0.4) is 0 Å². The Balaban J connectivity index is 1.95. The van der Waals surface area contributed by atoms with E-state index >= 15 is 0 Å². The van der Waals surface area contributed by atoms with E-state index in [1.54, 1.807) is 15.9 Å². The number of para-hydroxylation sites is 2. The molecule has 0 radical (unpaired) electrons. The molecule has 0 aliphatic carbocycles. The fourth-order valence-electron chi connectivity index (χ4n) is 3.01. The van der Waals surface area contributed by atoms with E-state index in [1.165, 1.54) is 11.8 Å². The molecule has 2 aliphatic heterocycles. The average Bonchev–Trinajstić information content (AvgIpc) is 2.80. The molecule has 6 nitrogen and oxygen atoms in total. The van der Waals surface area contributed by atoms with Crippen LogP contribution in [0.1, 0.15) is 20.3 Å². The van der Waals surface area contributed by atoms with Gasteiger partial charge in [-0.3, -0.25) is 14.4 Å². The SMILES string of the molecule is CC1(C)CC(=O)Nc2ccccc2N1C(=O)CN1CSCC1=O. The van der Waals surface area contributed by atoms with Gasteiger partial charge in [0, 0.05) is 0 Å². The Hall–Kier alpha value is -2.02. The van der Waals surface area contributed by atoms with Gasteiger partial charge in [-0.05, 0) is 26.0 Å². The second-order valence-corrected chi connectivity index (χ2v) is 7.31. The van der Waals surface area contributed by atoms with Gasteiger partial charge in [0.2, 0.25) is 17.7 Å². The third-order valence-electron chi connectivity index (χ3n) is 4.02. The van der Waals surface area contributed by atoms with Gasteiger partial charge in [0.15, 0.2) is 0 Å². The molecule has 7 heteroatoms. The van der Waals surface area contributed by atoms with Crippen LogP contribution in [-0.4, -0.2) is 46.3 Å².